The lowest BCUT2D eigenvalue weighted by Crippen LogP contribution is -2.29. The van der Waals surface area contributed by atoms with Gasteiger partial charge in [-0.25, -0.2) is 0 Å². The van der Waals surface area contributed by atoms with E-state index in [2.05, 4.69) is 4.74 Å². The molecule has 72 valence electrons. The number of rotatable bonds is 5. The molecule has 1 unspecified atom stereocenters. The first-order valence-corrected chi connectivity index (χ1v) is 3.50. The first kappa shape index (κ1) is 5.19. The molecule has 0 heterocycles. The van der Waals surface area contributed by atoms with Gasteiger partial charge in [-0.2, -0.15) is 0 Å². The largest absolute Gasteiger partial charge is 0.466 e. The first-order valence-electron chi connectivity index (χ1n) is 6.00. The summed E-state index contributed by atoms with van der Waals surface area (Å²) in [7, 11) is 0. The fourth-order valence-electron chi connectivity index (χ4n) is 0.614. The van der Waals surface area contributed by atoms with Crippen LogP contribution in [-0.2, 0) is 9.53 Å². The molecule has 4 nitrogen and oxygen atoms in total. The molecule has 1 atom stereocenters. The molecule has 0 radical (unpaired) electrons. The van der Waals surface area contributed by atoms with Crippen molar-refractivity contribution in [1.29, 1.82) is 0 Å². The van der Waals surface area contributed by atoms with Crippen molar-refractivity contribution >= 4 is 5.97 Å². The number of esters is 1. The Hall–Kier alpha value is -0.610. The molecule has 0 spiro atoms. The molecule has 12 heavy (non-hydrogen) atoms. The highest BCUT2D eigenvalue weighted by Gasteiger charge is 2.24. The molecule has 0 aromatic carbocycles. The number of carbonyl (C=O) groups excluding carboxylic acids is 1. The van der Waals surface area contributed by atoms with E-state index in [9.17, 15) is 9.90 Å². The van der Waals surface area contributed by atoms with E-state index >= 15 is 0 Å². The van der Waals surface area contributed by atoms with Crippen LogP contribution >= 0.6 is 0 Å². The SMILES string of the molecule is [2H]C([2H])([2H])C(O)(CC(=O)OCC)C([2H])([2H])CO. The highest BCUT2D eigenvalue weighted by molar-refractivity contribution is 5.70. The second kappa shape index (κ2) is 5.11. The smallest absolute Gasteiger partial charge is 0.308 e. The Balaban J connectivity index is 5.21. The molecule has 2 N–H and O–H groups in total. The van der Waals surface area contributed by atoms with E-state index in [0.29, 0.717) is 0 Å². The van der Waals surface area contributed by atoms with Crippen molar-refractivity contribution in [2.75, 3.05) is 13.2 Å². The molecule has 0 bridgehead atoms. The maximum absolute atomic E-state index is 11.2. The molecular formula is C8H16O4. The monoisotopic (exact) mass is 181 g/mol. The van der Waals surface area contributed by atoms with Crippen LogP contribution in [0.25, 0.3) is 0 Å². The lowest BCUT2D eigenvalue weighted by Gasteiger charge is -2.20. The number of hydrogen-bond donors (Lipinski definition) is 2. The third kappa shape index (κ3) is 5.09. The van der Waals surface area contributed by atoms with E-state index in [-0.39, 0.29) is 6.61 Å². The molecular weight excluding hydrogens is 160 g/mol. The molecule has 0 saturated heterocycles. The third-order valence-corrected chi connectivity index (χ3v) is 1.08. The molecule has 0 aliphatic carbocycles. The molecule has 0 saturated carbocycles. The van der Waals surface area contributed by atoms with Crippen molar-refractivity contribution in [3.8, 4) is 0 Å². The summed E-state index contributed by atoms with van der Waals surface area (Å²) < 4.78 is 40.4. The van der Waals surface area contributed by atoms with Gasteiger partial charge in [0.1, 0.15) is 0 Å². The zero-order chi connectivity index (χ0) is 13.9. The van der Waals surface area contributed by atoms with Gasteiger partial charge in [0.25, 0.3) is 0 Å². The van der Waals surface area contributed by atoms with Gasteiger partial charge in [0.15, 0.2) is 0 Å². The van der Waals surface area contributed by atoms with Gasteiger partial charge in [-0.05, 0) is 20.1 Å². The van der Waals surface area contributed by atoms with Crippen molar-refractivity contribution in [3.63, 3.8) is 0 Å². The van der Waals surface area contributed by atoms with E-state index in [4.69, 9.17) is 12.0 Å². The number of aliphatic hydroxyl groups is 2. The maximum atomic E-state index is 11.2. The van der Waals surface area contributed by atoms with Gasteiger partial charge in [0.2, 0.25) is 0 Å². The van der Waals surface area contributed by atoms with Crippen LogP contribution in [0.15, 0.2) is 0 Å². The third-order valence-electron chi connectivity index (χ3n) is 1.08. The van der Waals surface area contributed by atoms with Gasteiger partial charge >= 0.3 is 5.97 Å². The fraction of sp³-hybridized carbons (Fsp3) is 0.875. The van der Waals surface area contributed by atoms with Crippen molar-refractivity contribution < 1.29 is 26.6 Å². The van der Waals surface area contributed by atoms with Crippen molar-refractivity contribution in [2.45, 2.75) is 32.2 Å². The summed E-state index contributed by atoms with van der Waals surface area (Å²) in [5, 5.41) is 18.7. The lowest BCUT2D eigenvalue weighted by atomic mass is 9.99. The van der Waals surface area contributed by atoms with Gasteiger partial charge < -0.3 is 14.9 Å². The second-order valence-electron chi connectivity index (χ2n) is 2.18. The number of aliphatic hydroxyl groups excluding tert-OH is 1. The van der Waals surface area contributed by atoms with Crippen LogP contribution in [0.4, 0.5) is 0 Å². The van der Waals surface area contributed by atoms with Crippen LogP contribution in [0, 0.1) is 0 Å². The Bertz CT molecular complexity index is 278. The maximum Gasteiger partial charge on any atom is 0.308 e. The molecule has 0 aliphatic rings. The minimum absolute atomic E-state index is 0.0158. The van der Waals surface area contributed by atoms with Crippen molar-refractivity contribution in [2.24, 2.45) is 0 Å². The van der Waals surface area contributed by atoms with Gasteiger partial charge in [-0.1, -0.05) is 0 Å². The Labute approximate surface area is 79.2 Å². The summed E-state index contributed by atoms with van der Waals surface area (Å²) in [4.78, 5) is 11.2. The van der Waals surface area contributed by atoms with Crippen LogP contribution in [-0.4, -0.2) is 35.0 Å². The predicted molar refractivity (Wildman–Crippen MR) is 43.6 cm³/mol. The molecule has 0 rings (SSSR count). The Morgan fingerprint density at radius 1 is 1.83 bits per heavy atom. The summed E-state index contributed by atoms with van der Waals surface area (Å²) in [6.45, 7) is -2.90. The van der Waals surface area contributed by atoms with E-state index in [0.717, 1.165) is 0 Å². The van der Waals surface area contributed by atoms with E-state index < -0.39 is 37.8 Å². The lowest BCUT2D eigenvalue weighted by molar-refractivity contribution is -0.148. The van der Waals surface area contributed by atoms with Crippen LogP contribution in [0.2, 0.25) is 0 Å². The quantitative estimate of drug-likeness (QED) is 0.589. The summed E-state index contributed by atoms with van der Waals surface area (Å²) in [5.74, 6) is -1.04. The summed E-state index contributed by atoms with van der Waals surface area (Å²) >= 11 is 0. The number of carbonyl (C=O) groups is 1. The Morgan fingerprint density at radius 3 is 2.92 bits per heavy atom. The normalized spacial score (nSPS) is 23.8. The average Bonchev–Trinajstić information content (AvgIpc) is 2.15. The van der Waals surface area contributed by atoms with Gasteiger partial charge in [-0.3, -0.25) is 4.79 Å². The number of ether oxygens (including phenoxy) is 1. The summed E-state index contributed by atoms with van der Waals surface area (Å²) in [5.41, 5.74) is -2.99. The predicted octanol–water partition coefficient (Wildman–Crippen LogP) is 0.0730. The standard InChI is InChI=1S/C8H16O4/c1-3-12-7(10)6-8(2,11)4-5-9/h9,11H,3-6H2,1-2H3/i2D3,4D2. The zero-order valence-corrected chi connectivity index (χ0v) is 6.83. The molecule has 0 fully saturated rings. The average molecular weight is 181 g/mol. The highest BCUT2D eigenvalue weighted by atomic mass is 16.5. The second-order valence-corrected chi connectivity index (χ2v) is 2.18. The highest BCUT2D eigenvalue weighted by Crippen LogP contribution is 2.14. The molecule has 0 aliphatic heterocycles. The van der Waals surface area contributed by atoms with Gasteiger partial charge in [-0.15, -0.1) is 0 Å². The molecule has 0 amide bonds. The van der Waals surface area contributed by atoms with Crippen LogP contribution in [0.3, 0.4) is 0 Å². The summed E-state index contributed by atoms with van der Waals surface area (Å²) in [6, 6.07) is 0. The molecule has 0 aromatic rings. The fourth-order valence-corrected chi connectivity index (χ4v) is 0.614. The zero-order valence-electron chi connectivity index (χ0n) is 11.8. The summed E-state index contributed by atoms with van der Waals surface area (Å²) in [6.07, 6.45) is -3.89. The Kier molecular flexibility index (Phi) is 2.21. The van der Waals surface area contributed by atoms with E-state index in [1.807, 2.05) is 0 Å². The molecule has 0 aromatic heterocycles. The Morgan fingerprint density at radius 2 is 2.50 bits per heavy atom. The van der Waals surface area contributed by atoms with E-state index in [1.165, 1.54) is 6.92 Å². The van der Waals surface area contributed by atoms with E-state index in [1.54, 1.807) is 0 Å². The first-order chi connectivity index (χ1) is 7.52. The van der Waals surface area contributed by atoms with Crippen LogP contribution in [0.5, 0.6) is 0 Å². The topological polar surface area (TPSA) is 66.8 Å². The van der Waals surface area contributed by atoms with Crippen molar-refractivity contribution in [1.82, 2.24) is 0 Å². The van der Waals surface area contributed by atoms with Crippen LogP contribution in [0.1, 0.15) is 33.4 Å². The minimum atomic E-state index is -3.16. The minimum Gasteiger partial charge on any atom is -0.466 e. The molecule has 4 heteroatoms. The van der Waals surface area contributed by atoms with Crippen molar-refractivity contribution in [3.05, 3.63) is 0 Å². The van der Waals surface area contributed by atoms with Gasteiger partial charge in [0.05, 0.1) is 18.6 Å². The van der Waals surface area contributed by atoms with Crippen LogP contribution < -0.4 is 0 Å². The number of hydrogen-bond acceptors (Lipinski definition) is 4. The van der Waals surface area contributed by atoms with Gasteiger partial charge in [0, 0.05) is 13.5 Å².